The van der Waals surface area contributed by atoms with Crippen LogP contribution in [0.15, 0.2) is 48.7 Å². The Balaban J connectivity index is 1.63. The van der Waals surface area contributed by atoms with Crippen LogP contribution < -0.4 is 10.1 Å². The normalized spacial score (nSPS) is 19.1. The van der Waals surface area contributed by atoms with Gasteiger partial charge in [0.2, 0.25) is 5.88 Å². The third-order valence-corrected chi connectivity index (χ3v) is 5.48. The Kier molecular flexibility index (Phi) is 5.71. The molecule has 3 aromatic rings. The SMILES string of the molecule is COc1ccc(Cc2cc(C(=O)N[C@H]3CCCC[C@@H]3O)nc3ccccc23)cn1. The van der Waals surface area contributed by atoms with Crippen molar-refractivity contribution in [3.8, 4) is 5.88 Å². The number of ether oxygens (including phenoxy) is 1. The van der Waals surface area contributed by atoms with Gasteiger partial charge in [-0.1, -0.05) is 37.1 Å². The molecule has 2 atom stereocenters. The summed E-state index contributed by atoms with van der Waals surface area (Å²) in [7, 11) is 1.59. The number of rotatable bonds is 5. The van der Waals surface area contributed by atoms with Gasteiger partial charge >= 0.3 is 0 Å². The topological polar surface area (TPSA) is 84.3 Å². The van der Waals surface area contributed by atoms with Gasteiger partial charge < -0.3 is 15.2 Å². The number of methoxy groups -OCH3 is 1. The number of carbonyl (C=O) groups is 1. The zero-order valence-corrected chi connectivity index (χ0v) is 16.5. The summed E-state index contributed by atoms with van der Waals surface area (Å²) in [5.74, 6) is 0.329. The smallest absolute Gasteiger partial charge is 0.270 e. The number of carbonyl (C=O) groups excluding carboxylic acids is 1. The molecule has 1 fully saturated rings. The van der Waals surface area contributed by atoms with Gasteiger partial charge in [-0.25, -0.2) is 9.97 Å². The predicted octanol–water partition coefficient (Wildman–Crippen LogP) is 3.26. The standard InChI is InChI=1S/C23H25N3O3/c1-29-22-11-10-15(14-24-22)12-16-13-20(25-18-7-3-2-6-17(16)18)23(28)26-19-8-4-5-9-21(19)27/h2-3,6-7,10-11,13-14,19,21,27H,4-5,8-9,12H2,1H3,(H,26,28)/t19-,21-/m0/s1. The first-order valence-corrected chi connectivity index (χ1v) is 10.0. The highest BCUT2D eigenvalue weighted by atomic mass is 16.5. The number of aliphatic hydroxyl groups is 1. The number of fused-ring (bicyclic) bond motifs is 1. The first kappa shape index (κ1) is 19.3. The van der Waals surface area contributed by atoms with E-state index < -0.39 is 6.10 Å². The molecule has 0 spiro atoms. The summed E-state index contributed by atoms with van der Waals surface area (Å²) in [4.78, 5) is 21.7. The maximum atomic E-state index is 12.9. The van der Waals surface area contributed by atoms with E-state index in [1.165, 1.54) is 0 Å². The quantitative estimate of drug-likeness (QED) is 0.697. The number of hydrogen-bond acceptors (Lipinski definition) is 5. The molecule has 0 radical (unpaired) electrons. The van der Waals surface area contributed by atoms with Crippen LogP contribution in [-0.4, -0.2) is 40.2 Å². The van der Waals surface area contributed by atoms with Gasteiger partial charge in [0.1, 0.15) is 5.69 Å². The molecular weight excluding hydrogens is 366 g/mol. The molecule has 2 N–H and O–H groups in total. The molecule has 1 aliphatic rings. The van der Waals surface area contributed by atoms with E-state index in [1.54, 1.807) is 13.3 Å². The molecule has 1 aromatic carbocycles. The first-order valence-electron chi connectivity index (χ1n) is 10.0. The number of nitrogens with zero attached hydrogens (tertiary/aromatic N) is 2. The highest BCUT2D eigenvalue weighted by molar-refractivity contribution is 5.96. The van der Waals surface area contributed by atoms with Crippen molar-refractivity contribution < 1.29 is 14.6 Å². The van der Waals surface area contributed by atoms with Crippen LogP contribution in [0.3, 0.4) is 0 Å². The molecule has 150 valence electrons. The van der Waals surface area contributed by atoms with Crippen LogP contribution in [0.1, 0.15) is 47.3 Å². The van der Waals surface area contributed by atoms with Gasteiger partial charge in [0.15, 0.2) is 0 Å². The molecule has 2 aromatic heterocycles. The Morgan fingerprint density at radius 1 is 1.21 bits per heavy atom. The van der Waals surface area contributed by atoms with Crippen molar-refractivity contribution >= 4 is 16.8 Å². The molecule has 0 bridgehead atoms. The Morgan fingerprint density at radius 2 is 2.03 bits per heavy atom. The molecule has 0 unspecified atom stereocenters. The average molecular weight is 391 g/mol. The van der Waals surface area contributed by atoms with Gasteiger partial charge in [0.25, 0.3) is 5.91 Å². The Morgan fingerprint density at radius 3 is 2.79 bits per heavy atom. The van der Waals surface area contributed by atoms with Gasteiger partial charge in [-0.2, -0.15) is 0 Å². The zero-order valence-electron chi connectivity index (χ0n) is 16.5. The van der Waals surface area contributed by atoms with Gasteiger partial charge in [0.05, 0.1) is 24.8 Å². The van der Waals surface area contributed by atoms with Crippen LogP contribution in [-0.2, 0) is 6.42 Å². The maximum Gasteiger partial charge on any atom is 0.270 e. The number of para-hydroxylation sites is 1. The summed E-state index contributed by atoms with van der Waals surface area (Å²) < 4.78 is 5.13. The van der Waals surface area contributed by atoms with E-state index in [1.807, 2.05) is 42.5 Å². The number of amides is 1. The number of pyridine rings is 2. The maximum absolute atomic E-state index is 12.9. The van der Waals surface area contributed by atoms with Crippen LogP contribution in [0.25, 0.3) is 10.9 Å². The minimum atomic E-state index is -0.488. The van der Waals surface area contributed by atoms with E-state index >= 15 is 0 Å². The third kappa shape index (κ3) is 4.38. The second-order valence-corrected chi connectivity index (χ2v) is 7.50. The lowest BCUT2D eigenvalue weighted by Gasteiger charge is -2.28. The van der Waals surface area contributed by atoms with Crippen molar-refractivity contribution in [3.63, 3.8) is 0 Å². The van der Waals surface area contributed by atoms with E-state index in [0.29, 0.717) is 18.0 Å². The number of aliphatic hydroxyl groups excluding tert-OH is 1. The second-order valence-electron chi connectivity index (χ2n) is 7.50. The van der Waals surface area contributed by atoms with Crippen LogP contribution in [0, 0.1) is 0 Å². The fourth-order valence-electron chi connectivity index (χ4n) is 3.89. The van der Waals surface area contributed by atoms with Gasteiger partial charge in [0, 0.05) is 17.6 Å². The highest BCUT2D eigenvalue weighted by Crippen LogP contribution is 2.23. The number of nitrogens with one attached hydrogen (secondary N) is 1. The van der Waals surface area contributed by atoms with Crippen molar-refractivity contribution in [2.75, 3.05) is 7.11 Å². The van der Waals surface area contributed by atoms with Gasteiger partial charge in [-0.3, -0.25) is 4.79 Å². The number of aromatic nitrogens is 2. The second kappa shape index (κ2) is 8.57. The molecule has 1 aliphatic carbocycles. The summed E-state index contributed by atoms with van der Waals surface area (Å²) in [5.41, 5.74) is 3.19. The summed E-state index contributed by atoms with van der Waals surface area (Å²) in [6.45, 7) is 0. The van der Waals surface area contributed by atoms with E-state index in [2.05, 4.69) is 15.3 Å². The molecule has 2 heterocycles. The van der Waals surface area contributed by atoms with Gasteiger partial charge in [-0.05, 0) is 42.5 Å². The molecule has 1 amide bonds. The fraction of sp³-hybridized carbons (Fsp3) is 0.348. The Bertz CT molecular complexity index is 1000. The van der Waals surface area contributed by atoms with E-state index in [9.17, 15) is 9.90 Å². The minimum Gasteiger partial charge on any atom is -0.481 e. The highest BCUT2D eigenvalue weighted by Gasteiger charge is 2.25. The fourth-order valence-corrected chi connectivity index (χ4v) is 3.89. The van der Waals surface area contributed by atoms with Crippen molar-refractivity contribution in [1.29, 1.82) is 0 Å². The molecule has 1 saturated carbocycles. The zero-order chi connectivity index (χ0) is 20.2. The lowest BCUT2D eigenvalue weighted by atomic mass is 9.92. The van der Waals surface area contributed by atoms with E-state index in [0.717, 1.165) is 47.7 Å². The molecule has 6 nitrogen and oxygen atoms in total. The summed E-state index contributed by atoms with van der Waals surface area (Å²) in [6, 6.07) is 13.3. The van der Waals surface area contributed by atoms with Crippen molar-refractivity contribution in [3.05, 3.63) is 65.5 Å². The molecule has 0 saturated heterocycles. The van der Waals surface area contributed by atoms with Crippen LogP contribution in [0.4, 0.5) is 0 Å². The molecular formula is C23H25N3O3. The predicted molar refractivity (Wildman–Crippen MR) is 111 cm³/mol. The third-order valence-electron chi connectivity index (χ3n) is 5.48. The summed E-state index contributed by atoms with van der Waals surface area (Å²) in [6.07, 6.45) is 5.47. The van der Waals surface area contributed by atoms with E-state index in [4.69, 9.17) is 4.74 Å². The molecule has 4 rings (SSSR count). The lowest BCUT2D eigenvalue weighted by molar-refractivity contribution is 0.0714. The van der Waals surface area contributed by atoms with Crippen molar-refractivity contribution in [2.45, 2.75) is 44.2 Å². The minimum absolute atomic E-state index is 0.209. The molecule has 0 aliphatic heterocycles. The van der Waals surface area contributed by atoms with E-state index in [-0.39, 0.29) is 11.9 Å². The number of benzene rings is 1. The largest absolute Gasteiger partial charge is 0.481 e. The van der Waals surface area contributed by atoms with Gasteiger partial charge in [-0.15, -0.1) is 0 Å². The van der Waals surface area contributed by atoms with Crippen LogP contribution in [0.5, 0.6) is 5.88 Å². The average Bonchev–Trinajstić information content (AvgIpc) is 2.76. The lowest BCUT2D eigenvalue weighted by Crippen LogP contribution is -2.45. The Hall–Kier alpha value is -2.99. The van der Waals surface area contributed by atoms with Crippen LogP contribution in [0.2, 0.25) is 0 Å². The summed E-state index contributed by atoms with van der Waals surface area (Å²) in [5, 5.41) is 14.2. The molecule has 29 heavy (non-hydrogen) atoms. The summed E-state index contributed by atoms with van der Waals surface area (Å²) >= 11 is 0. The first-order chi connectivity index (χ1) is 14.1. The van der Waals surface area contributed by atoms with Crippen LogP contribution >= 0.6 is 0 Å². The Labute approximate surface area is 170 Å². The van der Waals surface area contributed by atoms with Crippen molar-refractivity contribution in [2.24, 2.45) is 0 Å². The molecule has 6 heteroatoms. The number of hydrogen-bond donors (Lipinski definition) is 2. The monoisotopic (exact) mass is 391 g/mol. The van der Waals surface area contributed by atoms with Crippen molar-refractivity contribution in [1.82, 2.24) is 15.3 Å².